The molecule has 0 heterocycles. The molecule has 0 atom stereocenters. The topological polar surface area (TPSA) is 9.23 Å². The van der Waals surface area contributed by atoms with Crippen LogP contribution in [0, 0.1) is 5.92 Å². The zero-order valence-corrected chi connectivity index (χ0v) is 6.29. The van der Waals surface area contributed by atoms with Crippen LogP contribution < -0.4 is 0 Å². The summed E-state index contributed by atoms with van der Waals surface area (Å²) in [5, 5.41) is 0. The predicted molar refractivity (Wildman–Crippen MR) is 39.9 cm³/mol. The molecule has 0 amide bonds. The number of allylic oxidation sites excluding steroid dienone is 2. The summed E-state index contributed by atoms with van der Waals surface area (Å²) < 4.78 is 4.93. The van der Waals surface area contributed by atoms with Crippen LogP contribution >= 0.6 is 0 Å². The Balaban J connectivity index is 3.25. The molecule has 0 fully saturated rings. The molecule has 52 valence electrons. The van der Waals surface area contributed by atoms with Gasteiger partial charge in [0.05, 0.1) is 12.5 Å². The van der Waals surface area contributed by atoms with Crippen molar-refractivity contribution < 1.29 is 4.74 Å². The molecular formula is C8H14O. The van der Waals surface area contributed by atoms with Crippen LogP contribution in [0.1, 0.15) is 20.8 Å². The summed E-state index contributed by atoms with van der Waals surface area (Å²) in [6.07, 6.45) is 7.20. The molecule has 0 N–H and O–H groups in total. The average molecular weight is 126 g/mol. The van der Waals surface area contributed by atoms with Gasteiger partial charge in [-0.2, -0.15) is 0 Å². The zero-order chi connectivity index (χ0) is 7.11. The SMILES string of the molecule is CC=COC=CC(C)C. The van der Waals surface area contributed by atoms with Gasteiger partial charge in [0.2, 0.25) is 0 Å². The van der Waals surface area contributed by atoms with Gasteiger partial charge in [0.15, 0.2) is 0 Å². The molecule has 0 rings (SSSR count). The molecule has 0 unspecified atom stereocenters. The van der Waals surface area contributed by atoms with Gasteiger partial charge in [-0.1, -0.05) is 19.9 Å². The van der Waals surface area contributed by atoms with Crippen molar-refractivity contribution in [3.63, 3.8) is 0 Å². The van der Waals surface area contributed by atoms with Crippen LogP contribution in [0.2, 0.25) is 0 Å². The molecule has 0 aliphatic rings. The average Bonchev–Trinajstić information content (AvgIpc) is 1.80. The first kappa shape index (κ1) is 8.28. The van der Waals surface area contributed by atoms with Crippen LogP contribution in [0.3, 0.4) is 0 Å². The number of hydrogen-bond donors (Lipinski definition) is 0. The van der Waals surface area contributed by atoms with Gasteiger partial charge in [-0.05, 0) is 18.9 Å². The monoisotopic (exact) mass is 126 g/mol. The van der Waals surface area contributed by atoms with Crippen molar-refractivity contribution in [3.8, 4) is 0 Å². The summed E-state index contributed by atoms with van der Waals surface area (Å²) in [5.41, 5.74) is 0. The van der Waals surface area contributed by atoms with Gasteiger partial charge < -0.3 is 4.74 Å². The van der Waals surface area contributed by atoms with Crippen molar-refractivity contribution in [1.82, 2.24) is 0 Å². The van der Waals surface area contributed by atoms with E-state index < -0.39 is 0 Å². The Morgan fingerprint density at radius 3 is 2.33 bits per heavy atom. The number of rotatable bonds is 3. The molecule has 1 heteroatoms. The highest BCUT2D eigenvalue weighted by molar-refractivity contribution is 4.79. The van der Waals surface area contributed by atoms with Crippen LogP contribution in [0.5, 0.6) is 0 Å². The second-order valence-electron chi connectivity index (χ2n) is 2.18. The van der Waals surface area contributed by atoms with E-state index in [1.807, 2.05) is 19.1 Å². The fourth-order valence-electron chi connectivity index (χ4n) is 0.326. The molecule has 0 saturated carbocycles. The van der Waals surface area contributed by atoms with E-state index in [0.29, 0.717) is 5.92 Å². The van der Waals surface area contributed by atoms with Crippen molar-refractivity contribution in [2.45, 2.75) is 20.8 Å². The Morgan fingerprint density at radius 1 is 1.22 bits per heavy atom. The first-order valence-corrected chi connectivity index (χ1v) is 3.20. The normalized spacial score (nSPS) is 12.0. The maximum absolute atomic E-state index is 4.93. The lowest BCUT2D eigenvalue weighted by atomic mass is 10.2. The van der Waals surface area contributed by atoms with E-state index in [-0.39, 0.29) is 0 Å². The third kappa shape index (κ3) is 7.28. The minimum Gasteiger partial charge on any atom is -0.473 e. The Bertz CT molecular complexity index is 101. The van der Waals surface area contributed by atoms with E-state index >= 15 is 0 Å². The maximum atomic E-state index is 4.93. The lowest BCUT2D eigenvalue weighted by Gasteiger charge is -1.91. The van der Waals surface area contributed by atoms with E-state index in [4.69, 9.17) is 4.74 Å². The highest BCUT2D eigenvalue weighted by atomic mass is 16.5. The molecule has 0 aliphatic heterocycles. The minimum absolute atomic E-state index is 0.565. The fraction of sp³-hybridized carbons (Fsp3) is 0.500. The highest BCUT2D eigenvalue weighted by Crippen LogP contribution is 1.93. The van der Waals surface area contributed by atoms with Crippen molar-refractivity contribution in [2.75, 3.05) is 0 Å². The lowest BCUT2D eigenvalue weighted by Crippen LogP contribution is -1.76. The second-order valence-corrected chi connectivity index (χ2v) is 2.18. The Kier molecular flexibility index (Phi) is 4.98. The predicted octanol–water partition coefficient (Wildman–Crippen LogP) is 2.71. The van der Waals surface area contributed by atoms with Crippen molar-refractivity contribution in [3.05, 3.63) is 24.7 Å². The van der Waals surface area contributed by atoms with Crippen LogP contribution in [0.25, 0.3) is 0 Å². The summed E-state index contributed by atoms with van der Waals surface area (Å²) in [7, 11) is 0. The van der Waals surface area contributed by atoms with Crippen molar-refractivity contribution >= 4 is 0 Å². The van der Waals surface area contributed by atoms with Crippen LogP contribution in [0.15, 0.2) is 24.7 Å². The molecule has 9 heavy (non-hydrogen) atoms. The Morgan fingerprint density at radius 2 is 1.89 bits per heavy atom. The quantitative estimate of drug-likeness (QED) is 0.528. The molecule has 1 nitrogen and oxygen atoms in total. The molecule has 0 aromatic heterocycles. The van der Waals surface area contributed by atoms with Gasteiger partial charge in [0, 0.05) is 0 Å². The van der Waals surface area contributed by atoms with Crippen molar-refractivity contribution in [2.24, 2.45) is 5.92 Å². The molecule has 0 aromatic carbocycles. The number of ether oxygens (including phenoxy) is 1. The van der Waals surface area contributed by atoms with Gasteiger partial charge in [-0.25, -0.2) is 0 Å². The van der Waals surface area contributed by atoms with Gasteiger partial charge in [-0.15, -0.1) is 0 Å². The van der Waals surface area contributed by atoms with E-state index in [9.17, 15) is 0 Å². The third-order valence-electron chi connectivity index (χ3n) is 0.757. The van der Waals surface area contributed by atoms with E-state index in [2.05, 4.69) is 13.8 Å². The van der Waals surface area contributed by atoms with Crippen molar-refractivity contribution in [1.29, 1.82) is 0 Å². The van der Waals surface area contributed by atoms with Gasteiger partial charge >= 0.3 is 0 Å². The zero-order valence-electron chi connectivity index (χ0n) is 6.29. The smallest absolute Gasteiger partial charge is 0.0863 e. The second kappa shape index (κ2) is 5.42. The Labute approximate surface area is 57.0 Å². The van der Waals surface area contributed by atoms with Crippen LogP contribution in [-0.4, -0.2) is 0 Å². The van der Waals surface area contributed by atoms with Gasteiger partial charge in [-0.3, -0.25) is 0 Å². The number of hydrogen-bond acceptors (Lipinski definition) is 1. The summed E-state index contributed by atoms with van der Waals surface area (Å²) in [6.45, 7) is 6.13. The first-order valence-electron chi connectivity index (χ1n) is 3.20. The molecular weight excluding hydrogens is 112 g/mol. The summed E-state index contributed by atoms with van der Waals surface area (Å²) >= 11 is 0. The van der Waals surface area contributed by atoms with Gasteiger partial charge in [0.1, 0.15) is 0 Å². The molecule has 0 radical (unpaired) electrons. The minimum atomic E-state index is 0.565. The van der Waals surface area contributed by atoms with Crippen LogP contribution in [0.4, 0.5) is 0 Å². The highest BCUT2D eigenvalue weighted by Gasteiger charge is 1.80. The largest absolute Gasteiger partial charge is 0.473 e. The fourth-order valence-corrected chi connectivity index (χ4v) is 0.326. The lowest BCUT2D eigenvalue weighted by molar-refractivity contribution is 0.397. The Hall–Kier alpha value is -0.720. The van der Waals surface area contributed by atoms with E-state index in [1.54, 1.807) is 12.5 Å². The maximum Gasteiger partial charge on any atom is 0.0863 e. The summed E-state index contributed by atoms with van der Waals surface area (Å²) in [4.78, 5) is 0. The molecule has 0 bridgehead atoms. The molecule has 0 saturated heterocycles. The third-order valence-corrected chi connectivity index (χ3v) is 0.757. The summed E-state index contributed by atoms with van der Waals surface area (Å²) in [6, 6.07) is 0. The summed E-state index contributed by atoms with van der Waals surface area (Å²) in [5.74, 6) is 0.565. The molecule has 0 spiro atoms. The first-order chi connectivity index (χ1) is 4.27. The molecule has 0 aromatic rings. The molecule has 0 aliphatic carbocycles. The van der Waals surface area contributed by atoms with E-state index in [1.165, 1.54) is 0 Å². The standard InChI is InChI=1S/C8H14O/c1-4-6-9-7-5-8(2)3/h4-8H,1-3H3. The van der Waals surface area contributed by atoms with Gasteiger partial charge in [0.25, 0.3) is 0 Å². The van der Waals surface area contributed by atoms with Crippen LogP contribution in [-0.2, 0) is 4.74 Å². The van der Waals surface area contributed by atoms with E-state index in [0.717, 1.165) is 0 Å².